The van der Waals surface area contributed by atoms with Crippen molar-refractivity contribution in [2.45, 2.75) is 50.7 Å². The fraction of sp³-hybridized carbons (Fsp3) is 0.524. The number of hydrogen-bond acceptors (Lipinski definition) is 6. The van der Waals surface area contributed by atoms with Gasteiger partial charge >= 0.3 is 5.97 Å². The Morgan fingerprint density at radius 1 is 1.21 bits per heavy atom. The molecule has 3 fully saturated rings. The van der Waals surface area contributed by atoms with Crippen molar-refractivity contribution in [3.05, 3.63) is 35.4 Å². The van der Waals surface area contributed by atoms with Crippen LogP contribution in [-0.2, 0) is 20.9 Å². The van der Waals surface area contributed by atoms with Crippen molar-refractivity contribution in [2.75, 3.05) is 12.9 Å². The molecule has 2 aliphatic heterocycles. The van der Waals surface area contributed by atoms with Crippen LogP contribution in [0.4, 0.5) is 4.79 Å². The van der Waals surface area contributed by atoms with E-state index in [-0.39, 0.29) is 41.4 Å². The fourth-order valence-corrected chi connectivity index (χ4v) is 5.49. The maximum Gasteiger partial charge on any atom is 0.328 e. The lowest BCUT2D eigenvalue weighted by molar-refractivity contribution is -0.145. The van der Waals surface area contributed by atoms with Gasteiger partial charge in [-0.05, 0) is 42.9 Å². The number of ether oxygens (including phenoxy) is 1. The maximum absolute atomic E-state index is 13.4. The number of benzene rings is 1. The van der Waals surface area contributed by atoms with Gasteiger partial charge in [0, 0.05) is 11.6 Å². The first-order valence-corrected chi connectivity index (χ1v) is 10.9. The second kappa shape index (κ2) is 8.18. The highest BCUT2D eigenvalue weighted by atomic mass is 32.2. The van der Waals surface area contributed by atoms with Crippen molar-refractivity contribution < 1.29 is 23.9 Å². The number of nitrogens with zero attached hydrogens (tertiary/aromatic N) is 2. The number of imide groups is 1. The van der Waals surface area contributed by atoms with Crippen LogP contribution >= 0.6 is 11.8 Å². The Hall–Kier alpha value is -2.35. The molecule has 7 nitrogen and oxygen atoms in total. The molecule has 0 radical (unpaired) electrons. The highest BCUT2D eigenvalue weighted by Crippen LogP contribution is 2.41. The van der Waals surface area contributed by atoms with Gasteiger partial charge in [0.15, 0.2) is 0 Å². The molecule has 2 saturated heterocycles. The van der Waals surface area contributed by atoms with Crippen molar-refractivity contribution in [3.8, 4) is 0 Å². The van der Waals surface area contributed by atoms with Crippen LogP contribution < -0.4 is 0 Å². The van der Waals surface area contributed by atoms with E-state index in [2.05, 4.69) is 0 Å². The van der Waals surface area contributed by atoms with E-state index in [4.69, 9.17) is 4.74 Å². The number of thioether (sulfide) groups is 1. The van der Waals surface area contributed by atoms with E-state index in [0.717, 1.165) is 37.4 Å². The van der Waals surface area contributed by atoms with Crippen LogP contribution in [0, 0.1) is 5.92 Å². The van der Waals surface area contributed by atoms with E-state index < -0.39 is 6.04 Å². The van der Waals surface area contributed by atoms with Crippen molar-refractivity contribution >= 4 is 34.8 Å². The summed E-state index contributed by atoms with van der Waals surface area (Å²) in [6, 6.07) is 6.49. The number of fused-ring (bicyclic) bond motifs is 1. The number of rotatable bonds is 4. The highest BCUT2D eigenvalue weighted by Gasteiger charge is 2.48. The molecule has 1 aliphatic carbocycles. The van der Waals surface area contributed by atoms with Gasteiger partial charge in [-0.15, -0.1) is 0 Å². The molecule has 29 heavy (non-hydrogen) atoms. The molecule has 1 saturated carbocycles. The molecule has 3 unspecified atom stereocenters. The molecule has 4 rings (SSSR count). The van der Waals surface area contributed by atoms with Gasteiger partial charge < -0.3 is 9.64 Å². The second-order valence-corrected chi connectivity index (χ2v) is 8.76. The van der Waals surface area contributed by atoms with Crippen molar-refractivity contribution in [1.29, 1.82) is 0 Å². The van der Waals surface area contributed by atoms with Gasteiger partial charge in [-0.2, -0.15) is 0 Å². The van der Waals surface area contributed by atoms with Crippen molar-refractivity contribution in [1.82, 2.24) is 9.80 Å². The Kier molecular flexibility index (Phi) is 5.63. The zero-order valence-electron chi connectivity index (χ0n) is 16.3. The highest BCUT2D eigenvalue weighted by molar-refractivity contribution is 8.14. The molecule has 2 heterocycles. The maximum atomic E-state index is 13.4. The van der Waals surface area contributed by atoms with Crippen LogP contribution in [0.1, 0.15) is 48.0 Å². The van der Waals surface area contributed by atoms with E-state index in [9.17, 15) is 19.2 Å². The average Bonchev–Trinajstić information content (AvgIpc) is 3.28. The minimum absolute atomic E-state index is 0.0575. The van der Waals surface area contributed by atoms with Gasteiger partial charge in [0.2, 0.25) is 5.91 Å². The Bertz CT molecular complexity index is 841. The van der Waals surface area contributed by atoms with Crippen molar-refractivity contribution in [2.24, 2.45) is 5.92 Å². The van der Waals surface area contributed by atoms with Crippen LogP contribution in [0.3, 0.4) is 0 Å². The quantitative estimate of drug-likeness (QED) is 0.702. The number of carbonyl (C=O) groups excluding carboxylic acids is 4. The second-order valence-electron chi connectivity index (χ2n) is 7.83. The predicted octanol–water partition coefficient (Wildman–Crippen LogP) is 2.83. The summed E-state index contributed by atoms with van der Waals surface area (Å²) in [6.45, 7) is 0.151. The number of carbonyl (C=O) groups is 4. The fourth-order valence-electron chi connectivity index (χ4n) is 4.77. The lowest BCUT2D eigenvalue weighted by Gasteiger charge is -2.33. The summed E-state index contributed by atoms with van der Waals surface area (Å²) < 4.78 is 4.98. The number of amides is 3. The molecule has 8 heteroatoms. The molecule has 1 aromatic rings. The van der Waals surface area contributed by atoms with E-state index in [1.807, 2.05) is 0 Å². The largest absolute Gasteiger partial charge is 0.467 e. The molecule has 3 amide bonds. The topological polar surface area (TPSA) is 84.0 Å². The van der Waals surface area contributed by atoms with Crippen LogP contribution in [0.2, 0.25) is 0 Å². The Morgan fingerprint density at radius 3 is 2.72 bits per heavy atom. The first kappa shape index (κ1) is 19.9. The molecule has 0 spiro atoms. The molecule has 3 atom stereocenters. The van der Waals surface area contributed by atoms with E-state index in [0.29, 0.717) is 23.5 Å². The first-order chi connectivity index (χ1) is 14.0. The zero-order chi connectivity index (χ0) is 20.5. The van der Waals surface area contributed by atoms with E-state index in [1.54, 1.807) is 29.2 Å². The monoisotopic (exact) mass is 416 g/mol. The van der Waals surface area contributed by atoms with Crippen LogP contribution in [0.5, 0.6) is 0 Å². The third-order valence-electron chi connectivity index (χ3n) is 6.15. The van der Waals surface area contributed by atoms with Gasteiger partial charge in [-0.1, -0.05) is 36.7 Å². The van der Waals surface area contributed by atoms with Gasteiger partial charge in [-0.3, -0.25) is 19.3 Å². The average molecular weight is 416 g/mol. The number of likely N-dealkylation sites (tertiary alicyclic amines) is 1. The molecular weight excluding hydrogens is 392 g/mol. The predicted molar refractivity (Wildman–Crippen MR) is 107 cm³/mol. The summed E-state index contributed by atoms with van der Waals surface area (Å²) in [4.78, 5) is 52.5. The van der Waals surface area contributed by atoms with Gasteiger partial charge in [0.25, 0.3) is 11.1 Å². The number of hydrogen-bond donors (Lipinski definition) is 0. The summed E-state index contributed by atoms with van der Waals surface area (Å²) in [5, 5.41) is -0.262. The van der Waals surface area contributed by atoms with Crippen LogP contribution in [0.25, 0.3) is 0 Å². The normalized spacial score (nSPS) is 26.6. The molecule has 0 aromatic heterocycles. The molecule has 0 N–H and O–H groups in total. The third-order valence-corrected chi connectivity index (χ3v) is 7.01. The van der Waals surface area contributed by atoms with E-state index in [1.165, 1.54) is 12.0 Å². The molecular formula is C21H24N2O5S. The summed E-state index contributed by atoms with van der Waals surface area (Å²) in [7, 11) is 1.36. The number of esters is 1. The van der Waals surface area contributed by atoms with Gasteiger partial charge in [0.1, 0.15) is 6.04 Å². The lowest BCUT2D eigenvalue weighted by atomic mass is 9.84. The summed E-state index contributed by atoms with van der Waals surface area (Å²) in [6.07, 6.45) is 4.76. The van der Waals surface area contributed by atoms with Gasteiger partial charge in [-0.25, -0.2) is 4.79 Å². The van der Waals surface area contributed by atoms with Crippen LogP contribution in [-0.4, -0.2) is 57.8 Å². The Morgan fingerprint density at radius 2 is 2.00 bits per heavy atom. The molecule has 1 aromatic carbocycles. The third kappa shape index (κ3) is 3.77. The summed E-state index contributed by atoms with van der Waals surface area (Å²) in [5.41, 5.74) is 1.18. The minimum atomic E-state index is -0.553. The summed E-state index contributed by atoms with van der Waals surface area (Å²) in [5.74, 6) is -0.280. The Balaban J connectivity index is 1.58. The zero-order valence-corrected chi connectivity index (χ0v) is 17.2. The SMILES string of the molecule is COC(=O)C1CC2CCCCC2N1C(=O)c1cccc(CN2C(=O)CSC2=O)c1. The first-order valence-electron chi connectivity index (χ1n) is 9.96. The molecule has 0 bridgehead atoms. The standard InChI is InChI=1S/C21H24N2O5S/c1-28-20(26)17-10-14-6-2-3-8-16(14)23(17)19(25)15-7-4-5-13(9-15)11-22-18(24)12-29-21(22)27/h4-5,7,9,14,16-17H,2-3,6,8,10-12H2,1H3. The smallest absolute Gasteiger partial charge is 0.328 e. The van der Waals surface area contributed by atoms with Crippen LogP contribution in [0.15, 0.2) is 24.3 Å². The lowest BCUT2D eigenvalue weighted by Crippen LogP contribution is -2.46. The molecule has 154 valence electrons. The van der Waals surface area contributed by atoms with E-state index >= 15 is 0 Å². The minimum Gasteiger partial charge on any atom is -0.467 e. The Labute approximate surface area is 173 Å². The summed E-state index contributed by atoms with van der Waals surface area (Å²) >= 11 is 0.993. The molecule has 3 aliphatic rings. The van der Waals surface area contributed by atoms with Crippen molar-refractivity contribution in [3.63, 3.8) is 0 Å². The number of methoxy groups -OCH3 is 1. The van der Waals surface area contributed by atoms with Gasteiger partial charge in [0.05, 0.1) is 19.4 Å².